The zero-order valence-electron chi connectivity index (χ0n) is 65.7. The third-order valence-corrected chi connectivity index (χ3v) is 22.3. The van der Waals surface area contributed by atoms with Crippen LogP contribution in [0.25, 0.3) is 0 Å². The zero-order valence-corrected chi connectivity index (χ0v) is 66.6. The van der Waals surface area contributed by atoms with Crippen LogP contribution in [0.3, 0.4) is 0 Å². The van der Waals surface area contributed by atoms with Gasteiger partial charge < -0.3 is 235 Å². The molecule has 1 unspecified atom stereocenters. The van der Waals surface area contributed by atoms with Gasteiger partial charge in [-0.05, 0) is 0 Å². The van der Waals surface area contributed by atoms with Gasteiger partial charge in [0.15, 0.2) is 56.6 Å². The lowest BCUT2D eigenvalue weighted by Gasteiger charge is -2.51. The summed E-state index contributed by atoms with van der Waals surface area (Å²) >= 11 is 0. The van der Waals surface area contributed by atoms with E-state index in [9.17, 15) is 151 Å². The summed E-state index contributed by atoms with van der Waals surface area (Å²) in [6.07, 6.45) is -85.9. The van der Waals surface area contributed by atoms with Crippen LogP contribution in [0.5, 0.6) is 0 Å². The summed E-state index contributed by atoms with van der Waals surface area (Å²) in [4.78, 5) is 75.1. The Kier molecular flexibility index (Phi) is 37.4. The SMILES string of the molecule is CC(=O)N[C@@H]1[C@@H](O)[C@H](O[C@@H]2O[C@H](CO)[C@@H](O[C@@H]3O[C@H](CO[C@H]4O[C@H](CO)[C@@H](O)[C@H](O)[C@@H]4O[C@@H]4O[C@H](CO)[C@@H](O)[C@H](O)[C@H]4NC(C)=O)[C@@H](O)[C@H](O[C@H]4O[C@H](CO)[C@@H](O)[C@H](O)[C@@H]4O[C@@H]4O[C@H](COP(=O)(O)OCCN)[C@@H](O[C@@H]5O[C@H](CO)[C@H](O)[C@H](O[C@@H]6O[C@H](CO)[C@H](O)[C@H](O)[C@H]6O)[C@H]5NC(C)=O)[C@H](O)[C@H]4NC(C)=O)[C@@H]3O)[C@H](O)[C@H]2NC(C)=O)[C@@H](CO)O[C@H]1O. The summed E-state index contributed by atoms with van der Waals surface area (Å²) in [6.45, 7) is -6.61. The van der Waals surface area contributed by atoms with Crippen molar-refractivity contribution in [1.82, 2.24) is 26.6 Å². The molecule has 55 nitrogen and oxygen atoms in total. The predicted molar refractivity (Wildman–Crippen MR) is 379 cm³/mol. The van der Waals surface area contributed by atoms with E-state index in [1.807, 2.05) is 0 Å². The maximum absolute atomic E-state index is 13.5. The van der Waals surface area contributed by atoms with Crippen LogP contribution in [0.4, 0.5) is 0 Å². The highest BCUT2D eigenvalue weighted by Crippen LogP contribution is 2.45. The number of ether oxygens (including phenoxy) is 17. The monoisotopic (exact) mass is 1800 g/mol. The van der Waals surface area contributed by atoms with E-state index in [0.29, 0.717) is 0 Å². The van der Waals surface area contributed by atoms with E-state index in [2.05, 4.69) is 26.6 Å². The molecule has 706 valence electrons. The Morgan fingerprint density at radius 1 is 0.287 bits per heavy atom. The first-order chi connectivity index (χ1) is 57.6. The summed E-state index contributed by atoms with van der Waals surface area (Å²) in [5, 5.41) is 270. The summed E-state index contributed by atoms with van der Waals surface area (Å²) in [5.74, 6) is -4.68. The number of carbonyl (C=O) groups is 5. The van der Waals surface area contributed by atoms with Crippen LogP contribution in [0.15, 0.2) is 0 Å². The lowest BCUT2D eigenvalue weighted by atomic mass is 9.93. The zero-order chi connectivity index (χ0) is 90.1. The second-order valence-corrected chi connectivity index (χ2v) is 31.6. The number of hydrogen-bond acceptors (Lipinski definition) is 49. The molecule has 5 amide bonds. The Hall–Kier alpha value is -4.18. The molecule has 9 heterocycles. The van der Waals surface area contributed by atoms with Gasteiger partial charge in [0.05, 0.1) is 66.1 Å². The number of hydrogen-bond donors (Lipinski definition) is 30. The Labute approximate surface area is 691 Å². The fourth-order valence-electron chi connectivity index (χ4n) is 15.2. The molecule has 0 aromatic rings. The van der Waals surface area contributed by atoms with Crippen LogP contribution < -0.4 is 32.3 Å². The van der Waals surface area contributed by atoms with Crippen molar-refractivity contribution >= 4 is 37.4 Å². The molecule has 0 aromatic carbocycles. The largest absolute Gasteiger partial charge is 0.472 e. The van der Waals surface area contributed by atoms with Crippen LogP contribution >= 0.6 is 7.82 Å². The van der Waals surface area contributed by atoms with E-state index in [0.717, 1.165) is 34.6 Å². The van der Waals surface area contributed by atoms with Gasteiger partial charge in [-0.2, -0.15) is 0 Å². The number of nitrogens with one attached hydrogen (secondary N) is 5. The second kappa shape index (κ2) is 44.9. The minimum Gasteiger partial charge on any atom is -0.394 e. The van der Waals surface area contributed by atoms with E-state index < -0.39 is 379 Å². The number of rotatable bonds is 35. The van der Waals surface area contributed by atoms with Gasteiger partial charge in [-0.3, -0.25) is 33.0 Å². The first-order valence-electron chi connectivity index (χ1n) is 38.5. The lowest BCUT2D eigenvalue weighted by molar-refractivity contribution is -0.398. The van der Waals surface area contributed by atoms with Gasteiger partial charge in [0.25, 0.3) is 0 Å². The number of aliphatic hydroxyl groups is 23. The van der Waals surface area contributed by atoms with Crippen LogP contribution in [0.2, 0.25) is 0 Å². The van der Waals surface area contributed by atoms with Gasteiger partial charge in [0.1, 0.15) is 219 Å². The van der Waals surface area contributed by atoms with Gasteiger partial charge in [-0.15, -0.1) is 0 Å². The van der Waals surface area contributed by atoms with Crippen molar-refractivity contribution in [2.45, 2.75) is 311 Å². The first-order valence-corrected chi connectivity index (χ1v) is 40.0. The fourth-order valence-corrected chi connectivity index (χ4v) is 16.0. The van der Waals surface area contributed by atoms with E-state index in [1.165, 1.54) is 0 Å². The molecular formula is C66H113N6O49P. The minimum atomic E-state index is -5.31. The molecule has 122 heavy (non-hydrogen) atoms. The van der Waals surface area contributed by atoms with Crippen molar-refractivity contribution in [3.05, 3.63) is 0 Å². The van der Waals surface area contributed by atoms with Crippen LogP contribution in [0, 0.1) is 0 Å². The fraction of sp³-hybridized carbons (Fsp3) is 0.924. The summed E-state index contributed by atoms with van der Waals surface area (Å²) in [5.41, 5.74) is 5.51. The number of phosphoric ester groups is 1. The Morgan fingerprint density at radius 2 is 0.598 bits per heavy atom. The maximum Gasteiger partial charge on any atom is 0.472 e. The smallest absolute Gasteiger partial charge is 0.394 e. The Bertz CT molecular complexity index is 3370. The summed E-state index contributed by atoms with van der Waals surface area (Å²) in [6, 6.07) is -9.52. The molecule has 0 aliphatic carbocycles. The molecule has 31 N–H and O–H groups in total. The molecule has 46 atom stereocenters. The van der Waals surface area contributed by atoms with Crippen molar-refractivity contribution in [3.8, 4) is 0 Å². The molecule has 9 saturated heterocycles. The predicted octanol–water partition coefficient (Wildman–Crippen LogP) is -19.8. The standard InChI is InChI=1S/C66H113N6O49P/c1-17(80)68-31-43(92)51(27(13-78)106-58(31)100)115-60-33(70-19(3)82)44(93)52(28(14-79)112-60)117-64-50(99)55(41(90)29(113-64)15-103-65-56(47(96)38(87)24(10-75)110-65)120-59-32(69-18(2)81)42(91)36(85)22(8-73)107-59)119-66-57(48(97)39(88)25(11-76)111-66)121-61-34(71-20(4)83)45(94)53(30(114-61)16-105-122(101,102)104-7-6-67)116-62-35(72-21(5)84)54(40(89)26(12-77)108-62)118-63-49(98)46(95)37(86)23(9-74)109-63/h22-66,73-79,85-100H,6-16,67H2,1-5H3,(H,68,80)(H,69,81)(H,70,82)(H,71,83)(H,72,84)(H,101,102)/t22-,23-,24-,25-,26-,27-,28-,29-,30-,31-,32-,33-,34-,35-,36-,37+,38-,39-,40+,41-,42-,43-,44-,45-,46+,47+,48+,49-,50+,51-,52-,53-,54-,55+,56+,57+,58-,59+,60+,61+,62+,63+,64+,65+,66-/m1/s1. The highest BCUT2D eigenvalue weighted by molar-refractivity contribution is 7.47. The highest BCUT2D eigenvalue weighted by atomic mass is 31.2. The van der Waals surface area contributed by atoms with Gasteiger partial charge in [0.2, 0.25) is 29.5 Å². The normalized spacial score (nSPS) is 46.4. The van der Waals surface area contributed by atoms with E-state index in [-0.39, 0.29) is 6.54 Å². The molecule has 9 rings (SSSR count). The van der Waals surface area contributed by atoms with E-state index in [1.54, 1.807) is 0 Å². The molecule has 0 aromatic heterocycles. The van der Waals surface area contributed by atoms with Gasteiger partial charge >= 0.3 is 7.82 Å². The summed E-state index contributed by atoms with van der Waals surface area (Å²) in [7, 11) is -5.31. The average Bonchev–Trinajstić information content (AvgIpc) is 0.766. The Morgan fingerprint density at radius 3 is 1.07 bits per heavy atom. The average molecular weight is 1810 g/mol. The second-order valence-electron chi connectivity index (χ2n) is 30.1. The van der Waals surface area contributed by atoms with Gasteiger partial charge in [0, 0.05) is 41.2 Å². The van der Waals surface area contributed by atoms with Gasteiger partial charge in [-0.1, -0.05) is 0 Å². The number of nitrogens with two attached hydrogens (primary N) is 1. The van der Waals surface area contributed by atoms with Crippen LogP contribution in [-0.2, 0) is 118 Å². The van der Waals surface area contributed by atoms with Crippen molar-refractivity contribution in [2.75, 3.05) is 72.6 Å². The number of phosphoric acid groups is 1. The molecule has 0 saturated carbocycles. The lowest BCUT2D eigenvalue weighted by Crippen LogP contribution is -2.71. The maximum atomic E-state index is 13.5. The molecule has 56 heteroatoms. The van der Waals surface area contributed by atoms with Crippen LogP contribution in [-0.4, -0.2) is 501 Å². The summed E-state index contributed by atoms with van der Waals surface area (Å²) < 4.78 is 126. The minimum absolute atomic E-state index is 0.389. The molecule has 0 bridgehead atoms. The van der Waals surface area contributed by atoms with E-state index >= 15 is 0 Å². The van der Waals surface area contributed by atoms with Crippen LogP contribution in [0.1, 0.15) is 34.6 Å². The quantitative estimate of drug-likeness (QED) is 0.0262. The third-order valence-electron chi connectivity index (χ3n) is 21.4. The molecule has 9 aliphatic heterocycles. The molecule has 9 aliphatic rings. The number of aliphatic hydroxyl groups excluding tert-OH is 23. The van der Waals surface area contributed by atoms with Crippen molar-refractivity contribution in [1.29, 1.82) is 0 Å². The van der Waals surface area contributed by atoms with Crippen molar-refractivity contribution in [3.63, 3.8) is 0 Å². The van der Waals surface area contributed by atoms with Crippen molar-refractivity contribution < 1.29 is 240 Å². The topological polar surface area (TPSA) is 849 Å². The molecule has 9 fully saturated rings. The molecule has 0 spiro atoms. The Balaban J connectivity index is 1.09. The van der Waals surface area contributed by atoms with E-state index in [4.69, 9.17) is 95.3 Å². The van der Waals surface area contributed by atoms with Crippen molar-refractivity contribution in [2.24, 2.45) is 5.73 Å². The molecule has 0 radical (unpaired) electrons. The molecular weight excluding hydrogens is 1690 g/mol. The highest BCUT2D eigenvalue weighted by Gasteiger charge is 2.62. The van der Waals surface area contributed by atoms with Gasteiger partial charge in [-0.25, -0.2) is 4.57 Å². The number of amides is 5. The first kappa shape index (κ1) is 102. The number of carbonyl (C=O) groups excluding carboxylic acids is 5. The third kappa shape index (κ3) is 23.7.